The number of benzene rings is 3. The maximum Gasteiger partial charge on any atom is 0.272 e. The number of hydrogen-bond acceptors (Lipinski definition) is 4. The van der Waals surface area contributed by atoms with Crippen molar-refractivity contribution in [1.82, 2.24) is 0 Å². The highest BCUT2D eigenvalue weighted by Crippen LogP contribution is 2.39. The molecule has 6 heteroatoms. The SMILES string of the molecule is CC(=O)Nc1ccc(N2C(=O)C(SCc3ccccc3)=C(c3ccc(C)cc3)C2=O)cc1. The zero-order valence-electron chi connectivity index (χ0n) is 17.8. The number of thioether (sulfide) groups is 1. The Labute approximate surface area is 191 Å². The molecule has 3 aromatic carbocycles. The van der Waals surface area contributed by atoms with Gasteiger partial charge in [0.1, 0.15) is 0 Å². The average Bonchev–Trinajstić information content (AvgIpc) is 3.03. The summed E-state index contributed by atoms with van der Waals surface area (Å²) in [5, 5.41) is 2.69. The number of aryl methyl sites for hydroxylation is 1. The van der Waals surface area contributed by atoms with E-state index >= 15 is 0 Å². The number of nitrogens with one attached hydrogen (secondary N) is 1. The number of anilines is 2. The molecule has 32 heavy (non-hydrogen) atoms. The molecule has 0 atom stereocenters. The Bertz CT molecular complexity index is 1200. The van der Waals surface area contributed by atoms with Gasteiger partial charge in [0, 0.05) is 18.4 Å². The van der Waals surface area contributed by atoms with Crippen molar-refractivity contribution >= 4 is 46.4 Å². The van der Waals surface area contributed by atoms with Gasteiger partial charge in [-0.15, -0.1) is 11.8 Å². The Kier molecular flexibility index (Phi) is 6.23. The quantitative estimate of drug-likeness (QED) is 0.535. The number of amides is 3. The van der Waals surface area contributed by atoms with Gasteiger partial charge in [-0.25, -0.2) is 4.90 Å². The van der Waals surface area contributed by atoms with Crippen molar-refractivity contribution in [2.24, 2.45) is 0 Å². The minimum absolute atomic E-state index is 0.186. The van der Waals surface area contributed by atoms with Crippen molar-refractivity contribution in [3.63, 3.8) is 0 Å². The number of nitrogens with zero attached hydrogens (tertiary/aromatic N) is 1. The summed E-state index contributed by atoms with van der Waals surface area (Å²) in [4.78, 5) is 39.8. The van der Waals surface area contributed by atoms with Crippen LogP contribution in [0.1, 0.15) is 23.6 Å². The summed E-state index contributed by atoms with van der Waals surface area (Å²) in [7, 11) is 0. The van der Waals surface area contributed by atoms with Gasteiger partial charge in [0.25, 0.3) is 11.8 Å². The minimum atomic E-state index is -0.346. The lowest BCUT2D eigenvalue weighted by atomic mass is 10.0. The van der Waals surface area contributed by atoms with Crippen molar-refractivity contribution in [1.29, 1.82) is 0 Å². The molecule has 1 heterocycles. The van der Waals surface area contributed by atoms with Gasteiger partial charge >= 0.3 is 0 Å². The predicted molar refractivity (Wildman–Crippen MR) is 129 cm³/mol. The average molecular weight is 443 g/mol. The lowest BCUT2D eigenvalue weighted by Crippen LogP contribution is -2.31. The molecular weight excluding hydrogens is 420 g/mol. The van der Waals surface area contributed by atoms with Crippen molar-refractivity contribution in [2.45, 2.75) is 19.6 Å². The van der Waals surface area contributed by atoms with Crippen LogP contribution in [0.2, 0.25) is 0 Å². The van der Waals surface area contributed by atoms with Crippen molar-refractivity contribution in [2.75, 3.05) is 10.2 Å². The van der Waals surface area contributed by atoms with E-state index in [1.165, 1.54) is 23.6 Å². The highest BCUT2D eigenvalue weighted by molar-refractivity contribution is 8.03. The number of carbonyl (C=O) groups is 3. The first-order valence-electron chi connectivity index (χ1n) is 10.2. The number of imide groups is 1. The molecular formula is C26H22N2O3S. The molecule has 0 aliphatic carbocycles. The second kappa shape index (κ2) is 9.24. The van der Waals surface area contributed by atoms with Gasteiger partial charge in [0.15, 0.2) is 0 Å². The largest absolute Gasteiger partial charge is 0.326 e. The Hall–Kier alpha value is -3.64. The van der Waals surface area contributed by atoms with Gasteiger partial charge in [-0.1, -0.05) is 60.2 Å². The van der Waals surface area contributed by atoms with E-state index in [4.69, 9.17) is 0 Å². The highest BCUT2D eigenvalue weighted by Gasteiger charge is 2.40. The molecule has 5 nitrogen and oxygen atoms in total. The molecule has 0 bridgehead atoms. The first kappa shape index (κ1) is 21.6. The van der Waals surface area contributed by atoms with E-state index in [1.54, 1.807) is 24.3 Å². The molecule has 160 valence electrons. The van der Waals surface area contributed by atoms with Crippen LogP contribution in [0.5, 0.6) is 0 Å². The smallest absolute Gasteiger partial charge is 0.272 e. The topological polar surface area (TPSA) is 66.5 Å². The highest BCUT2D eigenvalue weighted by atomic mass is 32.2. The molecule has 0 saturated carbocycles. The summed E-state index contributed by atoms with van der Waals surface area (Å²) < 4.78 is 0. The van der Waals surface area contributed by atoms with Gasteiger partial charge in [-0.2, -0.15) is 0 Å². The molecule has 0 saturated heterocycles. The van der Waals surface area contributed by atoms with Crippen LogP contribution >= 0.6 is 11.8 Å². The lowest BCUT2D eigenvalue weighted by Gasteiger charge is -2.16. The molecule has 0 unspecified atom stereocenters. The van der Waals surface area contributed by atoms with Crippen LogP contribution in [0.15, 0.2) is 83.8 Å². The van der Waals surface area contributed by atoms with E-state index in [9.17, 15) is 14.4 Å². The number of rotatable bonds is 6. The molecule has 0 fully saturated rings. The summed E-state index contributed by atoms with van der Waals surface area (Å²) >= 11 is 1.38. The number of carbonyl (C=O) groups excluding carboxylic acids is 3. The third-order valence-electron chi connectivity index (χ3n) is 5.05. The molecule has 0 radical (unpaired) electrons. The Morgan fingerprint density at radius 2 is 1.53 bits per heavy atom. The second-order valence-corrected chi connectivity index (χ2v) is 8.50. The third kappa shape index (κ3) is 4.50. The first-order valence-corrected chi connectivity index (χ1v) is 11.2. The van der Waals surface area contributed by atoms with Crippen LogP contribution < -0.4 is 10.2 Å². The van der Waals surface area contributed by atoms with Gasteiger partial charge in [0.2, 0.25) is 5.91 Å². The molecule has 4 rings (SSSR count). The van der Waals surface area contributed by atoms with Crippen molar-refractivity contribution in [3.05, 3.63) is 100 Å². The molecule has 3 aromatic rings. The van der Waals surface area contributed by atoms with Crippen molar-refractivity contribution in [3.8, 4) is 0 Å². The molecule has 0 spiro atoms. The molecule has 0 aromatic heterocycles. The zero-order chi connectivity index (χ0) is 22.7. The van der Waals surface area contributed by atoms with Crippen LogP contribution in [0.25, 0.3) is 5.57 Å². The Morgan fingerprint density at radius 3 is 2.16 bits per heavy atom. The zero-order valence-corrected chi connectivity index (χ0v) is 18.6. The fraction of sp³-hybridized carbons (Fsp3) is 0.115. The normalized spacial score (nSPS) is 13.6. The van der Waals surface area contributed by atoms with E-state index in [0.29, 0.717) is 27.6 Å². The summed E-state index contributed by atoms with van der Waals surface area (Å²) in [6.45, 7) is 3.41. The summed E-state index contributed by atoms with van der Waals surface area (Å²) in [6, 6.07) is 24.2. The summed E-state index contributed by atoms with van der Waals surface area (Å²) in [5.41, 5.74) is 4.37. The van der Waals surface area contributed by atoms with Gasteiger partial charge < -0.3 is 5.32 Å². The first-order chi connectivity index (χ1) is 15.4. The van der Waals surface area contributed by atoms with E-state index in [1.807, 2.05) is 61.5 Å². The maximum atomic E-state index is 13.5. The van der Waals surface area contributed by atoms with Crippen molar-refractivity contribution < 1.29 is 14.4 Å². The molecule has 1 aliphatic heterocycles. The van der Waals surface area contributed by atoms with Crippen LogP contribution in [-0.2, 0) is 20.1 Å². The maximum absolute atomic E-state index is 13.5. The van der Waals surface area contributed by atoms with Gasteiger partial charge in [-0.05, 0) is 42.3 Å². The summed E-state index contributed by atoms with van der Waals surface area (Å²) in [5.74, 6) is -0.283. The number of hydrogen-bond donors (Lipinski definition) is 1. The molecule has 1 N–H and O–H groups in total. The third-order valence-corrected chi connectivity index (χ3v) is 6.20. The lowest BCUT2D eigenvalue weighted by molar-refractivity contribution is -0.120. The van der Waals surface area contributed by atoms with E-state index in [-0.39, 0.29) is 17.7 Å². The fourth-order valence-corrected chi connectivity index (χ4v) is 4.55. The second-order valence-electron chi connectivity index (χ2n) is 7.52. The van der Waals surface area contributed by atoms with Crippen LogP contribution in [-0.4, -0.2) is 17.7 Å². The van der Waals surface area contributed by atoms with Crippen LogP contribution in [0, 0.1) is 6.92 Å². The van der Waals surface area contributed by atoms with E-state index < -0.39 is 0 Å². The Morgan fingerprint density at radius 1 is 0.875 bits per heavy atom. The summed E-state index contributed by atoms with van der Waals surface area (Å²) in [6.07, 6.45) is 0. The monoisotopic (exact) mass is 442 g/mol. The van der Waals surface area contributed by atoms with E-state index in [2.05, 4.69) is 5.32 Å². The predicted octanol–water partition coefficient (Wildman–Crippen LogP) is 5.17. The van der Waals surface area contributed by atoms with Gasteiger partial charge in [0.05, 0.1) is 16.2 Å². The minimum Gasteiger partial charge on any atom is -0.326 e. The van der Waals surface area contributed by atoms with Crippen LogP contribution in [0.4, 0.5) is 11.4 Å². The van der Waals surface area contributed by atoms with E-state index in [0.717, 1.165) is 16.7 Å². The fourth-order valence-electron chi connectivity index (χ4n) is 3.48. The molecule has 3 amide bonds. The van der Waals surface area contributed by atoms with Gasteiger partial charge in [-0.3, -0.25) is 14.4 Å². The Balaban J connectivity index is 1.69. The molecule has 1 aliphatic rings. The van der Waals surface area contributed by atoms with Crippen LogP contribution in [0.3, 0.4) is 0 Å². The standard InChI is InChI=1S/C26H22N2O3S/c1-17-8-10-20(11-9-17)23-24(32-16-19-6-4-3-5-7-19)26(31)28(25(23)30)22-14-12-21(13-15-22)27-18(2)29/h3-15H,16H2,1-2H3,(H,27,29).